The van der Waals surface area contributed by atoms with Gasteiger partial charge in [0.05, 0.1) is 25.7 Å². The Morgan fingerprint density at radius 1 is 1.22 bits per heavy atom. The lowest BCUT2D eigenvalue weighted by molar-refractivity contribution is -0.984. The average molecular weight is 495 g/mol. The van der Waals surface area contributed by atoms with E-state index < -0.39 is 6.10 Å². The summed E-state index contributed by atoms with van der Waals surface area (Å²) in [6, 6.07) is 18.8. The molecular weight excluding hydrogens is 464 g/mol. The average Bonchev–Trinajstić information content (AvgIpc) is 2.83. The minimum Gasteiger partial charge on any atom is -1.00 e. The van der Waals surface area contributed by atoms with Crippen molar-refractivity contribution >= 4 is 10.9 Å². The van der Waals surface area contributed by atoms with Crippen LogP contribution in [0.5, 0.6) is 5.75 Å². The number of pyridine rings is 1. The van der Waals surface area contributed by atoms with Crippen molar-refractivity contribution in [3.63, 3.8) is 0 Å². The van der Waals surface area contributed by atoms with Crippen LogP contribution < -0.4 is 21.7 Å². The highest BCUT2D eigenvalue weighted by atomic mass is 79.9. The van der Waals surface area contributed by atoms with E-state index in [-0.39, 0.29) is 23.0 Å². The fourth-order valence-corrected chi connectivity index (χ4v) is 6.07. The van der Waals surface area contributed by atoms with Gasteiger partial charge in [0, 0.05) is 35.9 Å². The van der Waals surface area contributed by atoms with Gasteiger partial charge in [0.15, 0.2) is 0 Å². The van der Waals surface area contributed by atoms with E-state index in [2.05, 4.69) is 48.0 Å². The standard InChI is InChI=1S/C27H31N2O2.BrH/c1-3-20-18-29(17-19-7-5-4-6-8-19)14-12-21(20)15-26(29)27(30)23-11-13-28-25-10-9-22(31-2)16-24(23)25;/h3-11,13,16,20-21,26-27,30H,1,12,14-15,17-18H2,2H3;1H/q+1;/p-1/t20-,21-,26+,27-,29+;/m0./s1. The first-order valence-corrected chi connectivity index (χ1v) is 11.3. The summed E-state index contributed by atoms with van der Waals surface area (Å²) in [6.45, 7) is 7.25. The first-order valence-electron chi connectivity index (χ1n) is 11.3. The predicted octanol–water partition coefficient (Wildman–Crippen LogP) is 1.89. The van der Waals surface area contributed by atoms with Crippen molar-refractivity contribution in [2.24, 2.45) is 11.8 Å². The summed E-state index contributed by atoms with van der Waals surface area (Å²) in [4.78, 5) is 4.52. The number of ether oxygens (including phenoxy) is 1. The van der Waals surface area contributed by atoms with E-state index in [1.165, 1.54) is 12.0 Å². The number of quaternary nitrogens is 1. The lowest BCUT2D eigenvalue weighted by Crippen LogP contribution is -3.00. The van der Waals surface area contributed by atoms with Gasteiger partial charge in [-0.25, -0.2) is 0 Å². The molecule has 3 aromatic rings. The van der Waals surface area contributed by atoms with Gasteiger partial charge in [-0.15, -0.1) is 6.58 Å². The number of piperidine rings is 3. The molecule has 6 rings (SSSR count). The third-order valence-corrected chi connectivity index (χ3v) is 7.68. The van der Waals surface area contributed by atoms with Crippen LogP contribution in [0.2, 0.25) is 0 Å². The van der Waals surface area contributed by atoms with Gasteiger partial charge in [0.1, 0.15) is 24.4 Å². The summed E-state index contributed by atoms with van der Waals surface area (Å²) in [7, 11) is 1.68. The molecule has 0 saturated carbocycles. The van der Waals surface area contributed by atoms with Crippen molar-refractivity contribution in [2.75, 3.05) is 20.2 Å². The van der Waals surface area contributed by atoms with Crippen molar-refractivity contribution in [2.45, 2.75) is 31.5 Å². The molecule has 3 saturated heterocycles. The maximum atomic E-state index is 11.8. The molecule has 32 heavy (non-hydrogen) atoms. The second-order valence-electron chi connectivity index (χ2n) is 9.25. The minimum atomic E-state index is -0.546. The number of hydrogen-bond acceptors (Lipinski definition) is 3. The molecule has 5 atom stereocenters. The second-order valence-corrected chi connectivity index (χ2v) is 9.25. The minimum absolute atomic E-state index is 0. The van der Waals surface area contributed by atoms with Crippen LogP contribution >= 0.6 is 0 Å². The van der Waals surface area contributed by atoms with Gasteiger partial charge in [-0.2, -0.15) is 0 Å². The number of aromatic nitrogens is 1. The Morgan fingerprint density at radius 3 is 2.78 bits per heavy atom. The molecule has 4 nitrogen and oxygen atoms in total. The highest BCUT2D eigenvalue weighted by Crippen LogP contribution is 2.48. The first-order chi connectivity index (χ1) is 15.1. The zero-order valence-electron chi connectivity index (χ0n) is 18.5. The third kappa shape index (κ3) is 3.98. The van der Waals surface area contributed by atoms with E-state index in [4.69, 9.17) is 4.74 Å². The Morgan fingerprint density at radius 2 is 2.03 bits per heavy atom. The van der Waals surface area contributed by atoms with Crippen LogP contribution in [0, 0.1) is 11.8 Å². The molecular formula is C27H31BrN2O2. The maximum absolute atomic E-state index is 11.8. The van der Waals surface area contributed by atoms with E-state index >= 15 is 0 Å². The molecule has 3 aliphatic heterocycles. The lowest BCUT2D eigenvalue weighted by Gasteiger charge is -2.58. The van der Waals surface area contributed by atoms with Crippen LogP contribution in [0.15, 0.2) is 73.4 Å². The maximum Gasteiger partial charge on any atom is 0.131 e. The van der Waals surface area contributed by atoms with E-state index in [0.29, 0.717) is 11.8 Å². The van der Waals surface area contributed by atoms with E-state index in [1.54, 1.807) is 7.11 Å². The van der Waals surface area contributed by atoms with Gasteiger partial charge >= 0.3 is 0 Å². The van der Waals surface area contributed by atoms with Gasteiger partial charge in [-0.05, 0) is 35.7 Å². The Bertz CT molecular complexity index is 1090. The first kappa shape index (κ1) is 23.0. The molecule has 4 heterocycles. The summed E-state index contributed by atoms with van der Waals surface area (Å²) in [5.74, 6) is 1.92. The summed E-state index contributed by atoms with van der Waals surface area (Å²) in [5, 5.41) is 12.8. The second kappa shape index (κ2) is 9.34. The summed E-state index contributed by atoms with van der Waals surface area (Å²) in [6.07, 6.45) is 5.65. The molecule has 0 spiro atoms. The van der Waals surface area contributed by atoms with Gasteiger partial charge in [-0.1, -0.05) is 36.4 Å². The van der Waals surface area contributed by atoms with E-state index in [0.717, 1.165) is 52.8 Å². The molecule has 168 valence electrons. The zero-order valence-corrected chi connectivity index (χ0v) is 20.1. The Balaban J connectivity index is 0.00000245. The molecule has 0 unspecified atom stereocenters. The molecule has 1 N–H and O–H groups in total. The number of fused-ring (bicyclic) bond motifs is 4. The summed E-state index contributed by atoms with van der Waals surface area (Å²) < 4.78 is 6.38. The molecule has 5 heteroatoms. The van der Waals surface area contributed by atoms with Gasteiger partial charge in [-0.3, -0.25) is 4.98 Å². The molecule has 0 radical (unpaired) electrons. The Kier molecular flexibility index (Phi) is 6.70. The molecule has 1 aromatic heterocycles. The number of hydrogen-bond donors (Lipinski definition) is 1. The predicted molar refractivity (Wildman–Crippen MR) is 124 cm³/mol. The normalized spacial score (nSPS) is 27.5. The number of rotatable bonds is 6. The molecule has 2 aromatic carbocycles. The van der Waals surface area contributed by atoms with Crippen molar-refractivity contribution in [1.82, 2.24) is 4.98 Å². The Hall–Kier alpha value is -2.21. The number of benzene rings is 2. The largest absolute Gasteiger partial charge is 1.00 e. The monoisotopic (exact) mass is 494 g/mol. The number of aliphatic hydroxyl groups excluding tert-OH is 1. The fraction of sp³-hybridized carbons (Fsp3) is 0.370. The summed E-state index contributed by atoms with van der Waals surface area (Å²) in [5.41, 5.74) is 3.19. The topological polar surface area (TPSA) is 42.4 Å². The number of nitrogens with zero attached hydrogens (tertiary/aromatic N) is 2. The van der Waals surface area contributed by atoms with Crippen molar-refractivity contribution in [3.05, 3.63) is 84.6 Å². The molecule has 0 amide bonds. The highest BCUT2D eigenvalue weighted by Gasteiger charge is 2.53. The summed E-state index contributed by atoms with van der Waals surface area (Å²) >= 11 is 0. The number of aliphatic hydroxyl groups is 1. The van der Waals surface area contributed by atoms with Crippen LogP contribution in [-0.2, 0) is 6.54 Å². The smallest absolute Gasteiger partial charge is 0.131 e. The van der Waals surface area contributed by atoms with Crippen LogP contribution in [0.3, 0.4) is 0 Å². The number of methoxy groups -OCH3 is 1. The van der Waals surface area contributed by atoms with Crippen LogP contribution in [0.1, 0.15) is 30.1 Å². The number of halogens is 1. The van der Waals surface area contributed by atoms with Gasteiger partial charge in [0.25, 0.3) is 0 Å². The highest BCUT2D eigenvalue weighted by molar-refractivity contribution is 5.83. The van der Waals surface area contributed by atoms with E-state index in [9.17, 15) is 5.11 Å². The fourth-order valence-electron chi connectivity index (χ4n) is 6.07. The molecule has 2 bridgehead atoms. The van der Waals surface area contributed by atoms with E-state index in [1.807, 2.05) is 30.5 Å². The quantitative estimate of drug-likeness (QED) is 0.420. The third-order valence-electron chi connectivity index (χ3n) is 7.68. The molecule has 3 fully saturated rings. The molecule has 0 aliphatic carbocycles. The zero-order chi connectivity index (χ0) is 21.4. The van der Waals surface area contributed by atoms with Crippen molar-refractivity contribution in [1.29, 1.82) is 0 Å². The van der Waals surface area contributed by atoms with Crippen molar-refractivity contribution in [3.8, 4) is 5.75 Å². The van der Waals surface area contributed by atoms with Gasteiger partial charge < -0.3 is 31.3 Å². The molecule has 3 aliphatic rings. The Labute approximate surface area is 200 Å². The SMILES string of the molecule is C=C[C@H]1C[N@+]2(Cc3ccccc3)CC[C@H]1C[C@@H]2[C@@H](O)c1ccnc2ccc(OC)cc12.[Br-]. The van der Waals surface area contributed by atoms with Crippen LogP contribution in [0.4, 0.5) is 0 Å². The van der Waals surface area contributed by atoms with Crippen LogP contribution in [-0.4, -0.2) is 40.8 Å². The van der Waals surface area contributed by atoms with Crippen molar-refractivity contribution < 1.29 is 31.3 Å². The van der Waals surface area contributed by atoms with Gasteiger partial charge in [0.2, 0.25) is 0 Å². The lowest BCUT2D eigenvalue weighted by atomic mass is 9.71. The van der Waals surface area contributed by atoms with Crippen LogP contribution in [0.25, 0.3) is 10.9 Å².